The number of hydrogen-bond donors (Lipinski definition) is 1. The first-order valence-electron chi connectivity index (χ1n) is 6.43. The Kier molecular flexibility index (Phi) is 4.36. The van der Waals surface area contributed by atoms with Gasteiger partial charge in [0.25, 0.3) is 0 Å². The molecule has 2 N–H and O–H groups in total. The predicted octanol–water partition coefficient (Wildman–Crippen LogP) is 2.15. The highest BCUT2D eigenvalue weighted by Gasteiger charge is 2.32. The second-order valence-corrected chi connectivity index (χ2v) is 5.91. The fourth-order valence-electron chi connectivity index (χ4n) is 2.41. The molecule has 0 aliphatic heterocycles. The number of carbonyl (C=O) groups is 1. The van der Waals surface area contributed by atoms with Crippen LogP contribution in [-0.2, 0) is 4.79 Å². The highest BCUT2D eigenvalue weighted by atomic mass is 16.2. The van der Waals surface area contributed by atoms with Crippen LogP contribution in [0, 0.1) is 5.41 Å². The third-order valence-electron chi connectivity index (χ3n) is 3.43. The van der Waals surface area contributed by atoms with Gasteiger partial charge in [0.05, 0.1) is 0 Å². The van der Waals surface area contributed by atoms with Crippen molar-refractivity contribution >= 4 is 5.91 Å². The summed E-state index contributed by atoms with van der Waals surface area (Å²) in [6.45, 7) is 8.86. The third kappa shape index (κ3) is 3.21. The quantitative estimate of drug-likeness (QED) is 0.784. The number of nitrogens with zero attached hydrogens (tertiary/aromatic N) is 1. The summed E-state index contributed by atoms with van der Waals surface area (Å²) in [5, 5.41) is 0. The van der Waals surface area contributed by atoms with Crippen LogP contribution in [0.5, 0.6) is 0 Å². The summed E-state index contributed by atoms with van der Waals surface area (Å²) in [6.07, 6.45) is 4.24. The minimum absolute atomic E-state index is 0.268. The van der Waals surface area contributed by atoms with Crippen molar-refractivity contribution in [2.45, 2.75) is 65.5 Å². The lowest BCUT2D eigenvalue weighted by atomic mass is 9.88. The fraction of sp³-hybridized carbons (Fsp3) is 0.923. The molecule has 1 fully saturated rings. The maximum atomic E-state index is 12.3. The van der Waals surface area contributed by atoms with Gasteiger partial charge in [0.2, 0.25) is 5.91 Å². The van der Waals surface area contributed by atoms with Crippen molar-refractivity contribution in [1.29, 1.82) is 0 Å². The van der Waals surface area contributed by atoms with Crippen molar-refractivity contribution in [3.63, 3.8) is 0 Å². The van der Waals surface area contributed by atoms with Crippen LogP contribution in [0.1, 0.15) is 53.4 Å². The number of rotatable bonds is 2. The molecule has 1 aliphatic rings. The van der Waals surface area contributed by atoms with Gasteiger partial charge in [-0.2, -0.15) is 0 Å². The molecule has 0 spiro atoms. The molecular formula is C13H26N2O. The van der Waals surface area contributed by atoms with E-state index in [1.165, 1.54) is 0 Å². The molecule has 0 aromatic carbocycles. The zero-order valence-corrected chi connectivity index (χ0v) is 11.1. The van der Waals surface area contributed by atoms with Gasteiger partial charge in [0, 0.05) is 24.0 Å². The van der Waals surface area contributed by atoms with Crippen molar-refractivity contribution in [2.24, 2.45) is 11.1 Å². The first-order chi connectivity index (χ1) is 7.36. The largest absolute Gasteiger partial charge is 0.340 e. The molecular weight excluding hydrogens is 200 g/mol. The molecule has 0 atom stereocenters. The molecule has 0 saturated heterocycles. The van der Waals surface area contributed by atoms with E-state index in [2.05, 4.69) is 6.92 Å². The first kappa shape index (κ1) is 13.5. The van der Waals surface area contributed by atoms with Crippen molar-refractivity contribution in [3.8, 4) is 0 Å². The molecule has 0 aromatic rings. The molecule has 0 unspecified atom stereocenters. The van der Waals surface area contributed by atoms with Crippen LogP contribution in [0.2, 0.25) is 0 Å². The van der Waals surface area contributed by atoms with Crippen LogP contribution < -0.4 is 5.73 Å². The van der Waals surface area contributed by atoms with Gasteiger partial charge in [-0.3, -0.25) is 4.79 Å². The summed E-state index contributed by atoms with van der Waals surface area (Å²) in [5.74, 6) is 0.274. The highest BCUT2D eigenvalue weighted by molar-refractivity contribution is 5.81. The van der Waals surface area contributed by atoms with E-state index in [1.807, 2.05) is 25.7 Å². The lowest BCUT2D eigenvalue weighted by Crippen LogP contribution is -2.48. The van der Waals surface area contributed by atoms with E-state index in [9.17, 15) is 4.79 Å². The summed E-state index contributed by atoms with van der Waals surface area (Å²) < 4.78 is 0. The van der Waals surface area contributed by atoms with Crippen LogP contribution in [0.3, 0.4) is 0 Å². The minimum atomic E-state index is -0.268. The van der Waals surface area contributed by atoms with Crippen molar-refractivity contribution in [3.05, 3.63) is 0 Å². The SMILES string of the molecule is CCN(C(=O)C(C)(C)C)C1CCC(N)CC1. The maximum Gasteiger partial charge on any atom is 0.228 e. The molecule has 0 heterocycles. The fourth-order valence-corrected chi connectivity index (χ4v) is 2.41. The molecule has 0 radical (unpaired) electrons. The Morgan fingerprint density at radius 3 is 2.12 bits per heavy atom. The number of amides is 1. The van der Waals surface area contributed by atoms with Gasteiger partial charge in [-0.15, -0.1) is 0 Å². The monoisotopic (exact) mass is 226 g/mol. The standard InChI is InChI=1S/C13H26N2O/c1-5-15(12(16)13(2,3)4)11-8-6-10(14)7-9-11/h10-11H,5-9,14H2,1-4H3. The van der Waals surface area contributed by atoms with Gasteiger partial charge in [0.15, 0.2) is 0 Å². The summed E-state index contributed by atoms with van der Waals surface area (Å²) >= 11 is 0. The molecule has 0 bridgehead atoms. The molecule has 3 nitrogen and oxygen atoms in total. The molecule has 94 valence electrons. The molecule has 3 heteroatoms. The topological polar surface area (TPSA) is 46.3 Å². The van der Waals surface area contributed by atoms with Gasteiger partial charge in [-0.05, 0) is 32.6 Å². The van der Waals surface area contributed by atoms with Crippen LogP contribution in [0.25, 0.3) is 0 Å². The number of hydrogen-bond acceptors (Lipinski definition) is 2. The zero-order valence-electron chi connectivity index (χ0n) is 11.1. The molecule has 1 aliphatic carbocycles. The summed E-state index contributed by atoms with van der Waals surface area (Å²) in [6, 6.07) is 0.760. The van der Waals surface area contributed by atoms with Crippen molar-refractivity contribution < 1.29 is 4.79 Å². The lowest BCUT2D eigenvalue weighted by Gasteiger charge is -2.38. The van der Waals surface area contributed by atoms with Gasteiger partial charge in [0.1, 0.15) is 0 Å². The Labute approximate surface area is 99.4 Å². The molecule has 1 rings (SSSR count). The Morgan fingerprint density at radius 1 is 1.25 bits per heavy atom. The lowest BCUT2D eigenvalue weighted by molar-refractivity contribution is -0.142. The van der Waals surface area contributed by atoms with Gasteiger partial charge >= 0.3 is 0 Å². The van der Waals surface area contributed by atoms with Gasteiger partial charge < -0.3 is 10.6 Å². The maximum absolute atomic E-state index is 12.3. The van der Waals surface area contributed by atoms with E-state index < -0.39 is 0 Å². The predicted molar refractivity (Wildman–Crippen MR) is 67.1 cm³/mol. The number of carbonyl (C=O) groups excluding carboxylic acids is 1. The van der Waals surface area contributed by atoms with E-state index in [-0.39, 0.29) is 11.3 Å². The second kappa shape index (κ2) is 5.17. The molecule has 1 amide bonds. The van der Waals surface area contributed by atoms with Crippen LogP contribution in [-0.4, -0.2) is 29.4 Å². The first-order valence-corrected chi connectivity index (χ1v) is 6.43. The summed E-state index contributed by atoms with van der Waals surface area (Å²) in [7, 11) is 0. The Balaban J connectivity index is 2.64. The average Bonchev–Trinajstić information content (AvgIpc) is 2.20. The molecule has 16 heavy (non-hydrogen) atoms. The minimum Gasteiger partial charge on any atom is -0.340 e. The second-order valence-electron chi connectivity index (χ2n) is 5.91. The summed E-state index contributed by atoms with van der Waals surface area (Å²) in [4.78, 5) is 14.3. The summed E-state index contributed by atoms with van der Waals surface area (Å²) in [5.41, 5.74) is 5.63. The zero-order chi connectivity index (χ0) is 12.3. The Morgan fingerprint density at radius 2 is 1.75 bits per heavy atom. The number of nitrogens with two attached hydrogens (primary N) is 1. The highest BCUT2D eigenvalue weighted by Crippen LogP contribution is 2.26. The van der Waals surface area contributed by atoms with Gasteiger partial charge in [-0.1, -0.05) is 20.8 Å². The Hall–Kier alpha value is -0.570. The van der Waals surface area contributed by atoms with E-state index in [1.54, 1.807) is 0 Å². The van der Waals surface area contributed by atoms with E-state index in [0.717, 1.165) is 32.2 Å². The van der Waals surface area contributed by atoms with Crippen LogP contribution >= 0.6 is 0 Å². The molecule has 1 saturated carbocycles. The smallest absolute Gasteiger partial charge is 0.228 e. The van der Waals surface area contributed by atoms with Crippen LogP contribution in [0.15, 0.2) is 0 Å². The van der Waals surface area contributed by atoms with Crippen molar-refractivity contribution in [2.75, 3.05) is 6.54 Å². The van der Waals surface area contributed by atoms with E-state index >= 15 is 0 Å². The van der Waals surface area contributed by atoms with E-state index in [0.29, 0.717) is 12.1 Å². The van der Waals surface area contributed by atoms with Crippen molar-refractivity contribution in [1.82, 2.24) is 4.90 Å². The van der Waals surface area contributed by atoms with Crippen LogP contribution in [0.4, 0.5) is 0 Å². The third-order valence-corrected chi connectivity index (χ3v) is 3.43. The Bertz CT molecular complexity index is 237. The molecule has 0 aromatic heterocycles. The van der Waals surface area contributed by atoms with Gasteiger partial charge in [-0.25, -0.2) is 0 Å². The average molecular weight is 226 g/mol. The normalized spacial score (nSPS) is 26.6. The van der Waals surface area contributed by atoms with E-state index in [4.69, 9.17) is 5.73 Å².